The summed E-state index contributed by atoms with van der Waals surface area (Å²) in [7, 11) is 0. The van der Waals surface area contributed by atoms with Crippen LogP contribution in [-0.4, -0.2) is 22.4 Å². The summed E-state index contributed by atoms with van der Waals surface area (Å²) in [5.74, 6) is 2.30. The van der Waals surface area contributed by atoms with E-state index in [0.29, 0.717) is 5.89 Å². The maximum Gasteiger partial charge on any atom is 0.231 e. The van der Waals surface area contributed by atoms with Crippen LogP contribution in [0.3, 0.4) is 0 Å². The van der Waals surface area contributed by atoms with Crippen LogP contribution in [0.2, 0.25) is 0 Å². The fourth-order valence-electron chi connectivity index (χ4n) is 0.865. The van der Waals surface area contributed by atoms with Crippen LogP contribution in [0.1, 0.15) is 31.5 Å². The largest absolute Gasteiger partial charge is 0.339 e. The summed E-state index contributed by atoms with van der Waals surface area (Å²) in [6.45, 7) is 3.92. The standard InChI is InChI=1S/C8H15N3OS/c1-5(6(2)9)8-10-7(4-13-3)11-12-8/h5-6H,4,9H2,1-3H3. The van der Waals surface area contributed by atoms with Gasteiger partial charge in [-0.15, -0.1) is 0 Å². The van der Waals surface area contributed by atoms with E-state index in [1.807, 2.05) is 20.1 Å². The quantitative estimate of drug-likeness (QED) is 0.797. The zero-order chi connectivity index (χ0) is 9.84. The van der Waals surface area contributed by atoms with E-state index in [0.717, 1.165) is 11.6 Å². The summed E-state index contributed by atoms with van der Waals surface area (Å²) in [6.07, 6.45) is 2.00. The van der Waals surface area contributed by atoms with Crippen molar-refractivity contribution in [3.8, 4) is 0 Å². The van der Waals surface area contributed by atoms with Crippen LogP contribution >= 0.6 is 11.8 Å². The molecule has 1 heterocycles. The fourth-order valence-corrected chi connectivity index (χ4v) is 1.24. The van der Waals surface area contributed by atoms with Gasteiger partial charge in [-0.25, -0.2) is 0 Å². The van der Waals surface area contributed by atoms with Crippen LogP contribution in [0.4, 0.5) is 0 Å². The average Bonchev–Trinajstić information content (AvgIpc) is 2.52. The first-order chi connectivity index (χ1) is 6.15. The van der Waals surface area contributed by atoms with E-state index in [4.69, 9.17) is 10.3 Å². The van der Waals surface area contributed by atoms with E-state index < -0.39 is 0 Å². The molecule has 0 radical (unpaired) electrons. The predicted molar refractivity (Wildman–Crippen MR) is 53.6 cm³/mol. The van der Waals surface area contributed by atoms with Crippen LogP contribution in [0.15, 0.2) is 4.52 Å². The number of thioether (sulfide) groups is 1. The molecule has 0 bridgehead atoms. The number of hydrogen-bond acceptors (Lipinski definition) is 5. The highest BCUT2D eigenvalue weighted by atomic mass is 32.2. The Labute approximate surface area is 82.3 Å². The Balaban J connectivity index is 2.67. The van der Waals surface area contributed by atoms with Gasteiger partial charge in [0, 0.05) is 6.04 Å². The van der Waals surface area contributed by atoms with Crippen molar-refractivity contribution in [3.05, 3.63) is 11.7 Å². The molecule has 0 spiro atoms. The first-order valence-corrected chi connectivity index (χ1v) is 5.61. The number of nitrogens with two attached hydrogens (primary N) is 1. The Morgan fingerprint density at radius 2 is 2.23 bits per heavy atom. The van der Waals surface area contributed by atoms with E-state index in [2.05, 4.69) is 10.1 Å². The van der Waals surface area contributed by atoms with E-state index in [9.17, 15) is 0 Å². The van der Waals surface area contributed by atoms with Crippen LogP contribution in [-0.2, 0) is 5.75 Å². The van der Waals surface area contributed by atoms with E-state index >= 15 is 0 Å². The molecule has 13 heavy (non-hydrogen) atoms. The number of rotatable bonds is 4. The second-order valence-electron chi connectivity index (χ2n) is 3.13. The molecule has 2 atom stereocenters. The molecule has 0 saturated heterocycles. The third-order valence-electron chi connectivity index (χ3n) is 1.94. The third-order valence-corrected chi connectivity index (χ3v) is 2.48. The van der Waals surface area contributed by atoms with Gasteiger partial charge in [-0.1, -0.05) is 12.1 Å². The van der Waals surface area contributed by atoms with E-state index in [1.54, 1.807) is 11.8 Å². The summed E-state index contributed by atoms with van der Waals surface area (Å²) in [5.41, 5.74) is 5.72. The van der Waals surface area contributed by atoms with Crippen molar-refractivity contribution in [3.63, 3.8) is 0 Å². The van der Waals surface area contributed by atoms with Gasteiger partial charge in [-0.3, -0.25) is 0 Å². The van der Waals surface area contributed by atoms with Gasteiger partial charge < -0.3 is 10.3 Å². The van der Waals surface area contributed by atoms with Crippen LogP contribution in [0.25, 0.3) is 0 Å². The molecule has 0 aliphatic rings. The lowest BCUT2D eigenvalue weighted by Crippen LogP contribution is -2.22. The molecule has 1 aromatic rings. The highest BCUT2D eigenvalue weighted by molar-refractivity contribution is 7.97. The van der Waals surface area contributed by atoms with Crippen molar-refractivity contribution in [2.24, 2.45) is 5.73 Å². The lowest BCUT2D eigenvalue weighted by Gasteiger charge is -2.09. The van der Waals surface area contributed by atoms with Gasteiger partial charge in [0.2, 0.25) is 5.89 Å². The van der Waals surface area contributed by atoms with Crippen molar-refractivity contribution in [1.29, 1.82) is 0 Å². The summed E-state index contributed by atoms with van der Waals surface area (Å²) in [5, 5.41) is 3.85. The first-order valence-electron chi connectivity index (χ1n) is 4.22. The van der Waals surface area contributed by atoms with Gasteiger partial charge in [-0.2, -0.15) is 16.7 Å². The Hall–Kier alpha value is -0.550. The normalized spacial score (nSPS) is 15.7. The maximum absolute atomic E-state index is 5.72. The van der Waals surface area contributed by atoms with Crippen molar-refractivity contribution in [2.45, 2.75) is 31.6 Å². The van der Waals surface area contributed by atoms with Gasteiger partial charge in [0.25, 0.3) is 0 Å². The summed E-state index contributed by atoms with van der Waals surface area (Å²) < 4.78 is 5.09. The minimum absolute atomic E-state index is 0.0441. The minimum Gasteiger partial charge on any atom is -0.339 e. The molecule has 0 fully saturated rings. The molecule has 0 saturated carbocycles. The lowest BCUT2D eigenvalue weighted by atomic mass is 10.1. The van der Waals surface area contributed by atoms with Crippen molar-refractivity contribution in [1.82, 2.24) is 10.1 Å². The van der Waals surface area contributed by atoms with Gasteiger partial charge in [0.15, 0.2) is 5.82 Å². The monoisotopic (exact) mass is 201 g/mol. The average molecular weight is 201 g/mol. The summed E-state index contributed by atoms with van der Waals surface area (Å²) in [6, 6.07) is 0.0441. The van der Waals surface area contributed by atoms with Crippen molar-refractivity contribution >= 4 is 11.8 Å². The molecular formula is C8H15N3OS. The number of hydrogen-bond donors (Lipinski definition) is 1. The van der Waals surface area contributed by atoms with Gasteiger partial charge in [0.1, 0.15) is 0 Å². The van der Waals surface area contributed by atoms with Gasteiger partial charge >= 0.3 is 0 Å². The van der Waals surface area contributed by atoms with E-state index in [1.165, 1.54) is 0 Å². The van der Waals surface area contributed by atoms with Crippen molar-refractivity contribution < 1.29 is 4.52 Å². The molecule has 74 valence electrons. The Morgan fingerprint density at radius 3 is 2.77 bits per heavy atom. The molecule has 1 aromatic heterocycles. The topological polar surface area (TPSA) is 64.9 Å². The first kappa shape index (κ1) is 10.5. The molecule has 4 nitrogen and oxygen atoms in total. The molecule has 0 amide bonds. The predicted octanol–water partition coefficient (Wildman–Crippen LogP) is 1.38. The highest BCUT2D eigenvalue weighted by Gasteiger charge is 2.17. The molecular weight excluding hydrogens is 186 g/mol. The van der Waals surface area contributed by atoms with Crippen LogP contribution < -0.4 is 5.73 Å². The van der Waals surface area contributed by atoms with Crippen molar-refractivity contribution in [2.75, 3.05) is 6.26 Å². The van der Waals surface area contributed by atoms with Crippen LogP contribution in [0.5, 0.6) is 0 Å². The Morgan fingerprint density at radius 1 is 1.54 bits per heavy atom. The van der Waals surface area contributed by atoms with Gasteiger partial charge in [-0.05, 0) is 13.2 Å². The minimum atomic E-state index is 0.0441. The lowest BCUT2D eigenvalue weighted by molar-refractivity contribution is 0.344. The smallest absolute Gasteiger partial charge is 0.231 e. The number of aromatic nitrogens is 2. The van der Waals surface area contributed by atoms with Crippen LogP contribution in [0, 0.1) is 0 Å². The van der Waals surface area contributed by atoms with E-state index in [-0.39, 0.29) is 12.0 Å². The summed E-state index contributed by atoms with van der Waals surface area (Å²) in [4.78, 5) is 4.24. The molecule has 2 N–H and O–H groups in total. The Bertz CT molecular complexity index is 262. The molecule has 1 rings (SSSR count). The molecule has 2 unspecified atom stereocenters. The molecule has 0 aliphatic carbocycles. The molecule has 5 heteroatoms. The highest BCUT2D eigenvalue weighted by Crippen LogP contribution is 2.16. The number of nitrogens with zero attached hydrogens (tertiary/aromatic N) is 2. The fraction of sp³-hybridized carbons (Fsp3) is 0.750. The zero-order valence-electron chi connectivity index (χ0n) is 8.15. The molecule has 0 aliphatic heterocycles. The van der Waals surface area contributed by atoms with Gasteiger partial charge in [0.05, 0.1) is 11.7 Å². The second-order valence-corrected chi connectivity index (χ2v) is 4.00. The second kappa shape index (κ2) is 4.62. The SMILES string of the molecule is CSCc1noc(C(C)C(C)N)n1. The third kappa shape index (κ3) is 2.70. The maximum atomic E-state index is 5.72. The zero-order valence-corrected chi connectivity index (χ0v) is 8.97. The summed E-state index contributed by atoms with van der Waals surface area (Å²) >= 11 is 1.67. The molecule has 0 aromatic carbocycles. The Kier molecular flexibility index (Phi) is 3.74.